The van der Waals surface area contributed by atoms with Crippen LogP contribution in [0.5, 0.6) is 0 Å². The molecule has 2 nitrogen and oxygen atoms in total. The minimum Gasteiger partial charge on any atom is -0.334 e. The minimum absolute atomic E-state index is 0.638. The predicted octanol–water partition coefficient (Wildman–Crippen LogP) is 2.33. The zero-order valence-electron chi connectivity index (χ0n) is 8.74. The smallest absolute Gasteiger partial charge is 0.0951 e. The molecule has 0 amide bonds. The van der Waals surface area contributed by atoms with Crippen LogP contribution in [0.1, 0.15) is 31.2 Å². The van der Waals surface area contributed by atoms with Crippen molar-refractivity contribution in [3.05, 3.63) is 17.7 Å². The van der Waals surface area contributed by atoms with E-state index < -0.39 is 0 Å². The Hall–Kier alpha value is -0.440. The molecule has 0 aromatic carbocycles. The van der Waals surface area contributed by atoms with Crippen molar-refractivity contribution in [2.24, 2.45) is 5.92 Å². The molecule has 0 spiro atoms. The summed E-state index contributed by atoms with van der Waals surface area (Å²) in [4.78, 5) is 4.48. The van der Waals surface area contributed by atoms with Crippen molar-refractivity contribution in [1.82, 2.24) is 9.55 Å². The quantitative estimate of drug-likeness (QED) is 0.758. The van der Waals surface area contributed by atoms with Crippen molar-refractivity contribution in [2.45, 2.75) is 39.2 Å². The number of hydrogen-bond donors (Lipinski definition) is 1. The van der Waals surface area contributed by atoms with Gasteiger partial charge in [0.1, 0.15) is 0 Å². The second-order valence-electron chi connectivity index (χ2n) is 4.29. The Balaban J connectivity index is 2.14. The Morgan fingerprint density at radius 1 is 1.50 bits per heavy atom. The second kappa shape index (κ2) is 4.39. The maximum atomic E-state index is 4.48. The molecule has 0 bridgehead atoms. The van der Waals surface area contributed by atoms with Crippen LogP contribution < -0.4 is 0 Å². The van der Waals surface area contributed by atoms with Gasteiger partial charge in [-0.2, -0.15) is 12.6 Å². The van der Waals surface area contributed by atoms with Gasteiger partial charge >= 0.3 is 0 Å². The van der Waals surface area contributed by atoms with Gasteiger partial charge in [-0.05, 0) is 37.4 Å². The van der Waals surface area contributed by atoms with Gasteiger partial charge < -0.3 is 4.57 Å². The van der Waals surface area contributed by atoms with Crippen LogP contribution in [0.4, 0.5) is 0 Å². The van der Waals surface area contributed by atoms with Gasteiger partial charge in [-0.3, -0.25) is 0 Å². The third-order valence-electron chi connectivity index (χ3n) is 2.93. The van der Waals surface area contributed by atoms with Crippen LogP contribution in [0.3, 0.4) is 0 Å². The Morgan fingerprint density at radius 3 is 3.07 bits per heavy atom. The van der Waals surface area contributed by atoms with Crippen LogP contribution in [0.2, 0.25) is 0 Å². The Labute approximate surface area is 91.1 Å². The molecule has 1 atom stereocenters. The molecule has 14 heavy (non-hydrogen) atoms. The Kier molecular flexibility index (Phi) is 3.16. The van der Waals surface area contributed by atoms with E-state index >= 15 is 0 Å². The highest BCUT2D eigenvalue weighted by Crippen LogP contribution is 2.20. The maximum Gasteiger partial charge on any atom is 0.0951 e. The van der Waals surface area contributed by atoms with Crippen molar-refractivity contribution >= 4 is 12.6 Å². The summed E-state index contributed by atoms with van der Waals surface area (Å²) < 4.78 is 2.33. The first-order valence-corrected chi connectivity index (χ1v) is 6.08. The molecular weight excluding hydrogens is 192 g/mol. The number of thiol groups is 1. The fraction of sp³-hybridized carbons (Fsp3) is 0.727. The van der Waals surface area contributed by atoms with Crippen molar-refractivity contribution in [2.75, 3.05) is 5.75 Å². The minimum atomic E-state index is 0.638. The van der Waals surface area contributed by atoms with Crippen molar-refractivity contribution in [1.29, 1.82) is 0 Å². The van der Waals surface area contributed by atoms with Crippen molar-refractivity contribution < 1.29 is 0 Å². The topological polar surface area (TPSA) is 17.8 Å². The van der Waals surface area contributed by atoms with Crippen molar-refractivity contribution in [3.63, 3.8) is 0 Å². The zero-order chi connectivity index (χ0) is 9.97. The van der Waals surface area contributed by atoms with Crippen LogP contribution in [-0.2, 0) is 19.4 Å². The molecule has 0 fully saturated rings. The highest BCUT2D eigenvalue weighted by molar-refractivity contribution is 7.80. The summed E-state index contributed by atoms with van der Waals surface area (Å²) >= 11 is 4.32. The largest absolute Gasteiger partial charge is 0.334 e. The number of imidazole rings is 1. The molecular formula is C11H18N2S. The van der Waals surface area contributed by atoms with Gasteiger partial charge in [0, 0.05) is 12.2 Å². The maximum absolute atomic E-state index is 4.48. The lowest BCUT2D eigenvalue weighted by Crippen LogP contribution is -2.13. The summed E-state index contributed by atoms with van der Waals surface area (Å²) in [5, 5.41) is 0. The average molecular weight is 210 g/mol. The summed E-state index contributed by atoms with van der Waals surface area (Å²) in [5.41, 5.74) is 2.81. The molecule has 1 aliphatic carbocycles. The van der Waals surface area contributed by atoms with Crippen LogP contribution in [0.15, 0.2) is 6.33 Å². The van der Waals surface area contributed by atoms with Crippen LogP contribution in [0.25, 0.3) is 0 Å². The molecule has 0 saturated carbocycles. The molecule has 0 aliphatic heterocycles. The molecule has 1 unspecified atom stereocenters. The summed E-state index contributed by atoms with van der Waals surface area (Å²) in [6.45, 7) is 3.31. The summed E-state index contributed by atoms with van der Waals surface area (Å²) in [6, 6.07) is 0. The number of aromatic nitrogens is 2. The molecule has 78 valence electrons. The van der Waals surface area contributed by atoms with E-state index in [1.165, 1.54) is 37.1 Å². The van der Waals surface area contributed by atoms with E-state index in [1.807, 2.05) is 6.33 Å². The van der Waals surface area contributed by atoms with Gasteiger partial charge in [-0.25, -0.2) is 4.98 Å². The number of aryl methyl sites for hydroxylation is 1. The molecule has 1 aromatic heterocycles. The summed E-state index contributed by atoms with van der Waals surface area (Å²) in [7, 11) is 0. The first kappa shape index (κ1) is 10.1. The molecule has 2 rings (SSSR count). The van der Waals surface area contributed by atoms with E-state index in [2.05, 4.69) is 29.1 Å². The third-order valence-corrected chi connectivity index (χ3v) is 3.55. The van der Waals surface area contributed by atoms with Gasteiger partial charge in [-0.1, -0.05) is 6.92 Å². The molecule has 0 radical (unpaired) electrons. The first-order chi connectivity index (χ1) is 6.81. The summed E-state index contributed by atoms with van der Waals surface area (Å²) in [6.07, 6.45) is 7.04. The van der Waals surface area contributed by atoms with Crippen LogP contribution in [0, 0.1) is 5.92 Å². The molecule has 1 aliphatic rings. The summed E-state index contributed by atoms with van der Waals surface area (Å²) in [5.74, 6) is 1.59. The average Bonchev–Trinajstić information content (AvgIpc) is 2.62. The second-order valence-corrected chi connectivity index (χ2v) is 4.65. The number of rotatable bonds is 3. The number of hydrogen-bond acceptors (Lipinski definition) is 2. The molecule has 0 N–H and O–H groups in total. The Bertz CT molecular complexity index is 306. The first-order valence-electron chi connectivity index (χ1n) is 5.45. The fourth-order valence-electron chi connectivity index (χ4n) is 2.08. The molecule has 3 heteroatoms. The lowest BCUT2D eigenvalue weighted by atomic mass is 10.0. The van der Waals surface area contributed by atoms with Crippen molar-refractivity contribution in [3.8, 4) is 0 Å². The number of fused-ring (bicyclic) bond motifs is 1. The molecule has 1 heterocycles. The Morgan fingerprint density at radius 2 is 2.29 bits per heavy atom. The van der Waals surface area contributed by atoms with E-state index in [1.54, 1.807) is 0 Å². The zero-order valence-corrected chi connectivity index (χ0v) is 9.63. The predicted molar refractivity (Wildman–Crippen MR) is 61.9 cm³/mol. The third kappa shape index (κ3) is 1.97. The van der Waals surface area contributed by atoms with Gasteiger partial charge in [0.25, 0.3) is 0 Å². The van der Waals surface area contributed by atoms with Crippen LogP contribution in [-0.4, -0.2) is 15.3 Å². The van der Waals surface area contributed by atoms with Gasteiger partial charge in [-0.15, -0.1) is 0 Å². The van der Waals surface area contributed by atoms with Gasteiger partial charge in [0.05, 0.1) is 12.0 Å². The number of nitrogens with zero attached hydrogens (tertiary/aromatic N) is 2. The fourth-order valence-corrected chi connectivity index (χ4v) is 2.20. The monoisotopic (exact) mass is 210 g/mol. The van der Waals surface area contributed by atoms with E-state index in [0.29, 0.717) is 5.92 Å². The highest BCUT2D eigenvalue weighted by Gasteiger charge is 2.15. The van der Waals surface area contributed by atoms with Gasteiger partial charge in [0.2, 0.25) is 0 Å². The highest BCUT2D eigenvalue weighted by atomic mass is 32.1. The standard InChI is InChI=1S/C11H18N2S/c1-9(7-14)6-13-8-12-10-4-2-3-5-11(10)13/h8-9,14H,2-7H2,1H3. The van der Waals surface area contributed by atoms with E-state index in [9.17, 15) is 0 Å². The SMILES string of the molecule is CC(CS)Cn1cnc2c1CCCC2. The van der Waals surface area contributed by atoms with E-state index in [4.69, 9.17) is 0 Å². The molecule has 1 aromatic rings. The normalized spacial score (nSPS) is 17.9. The van der Waals surface area contributed by atoms with Crippen LogP contribution >= 0.6 is 12.6 Å². The molecule has 0 saturated heterocycles. The van der Waals surface area contributed by atoms with E-state index in [-0.39, 0.29) is 0 Å². The van der Waals surface area contributed by atoms with Gasteiger partial charge in [0.15, 0.2) is 0 Å². The van der Waals surface area contributed by atoms with E-state index in [0.717, 1.165) is 12.3 Å². The lowest BCUT2D eigenvalue weighted by molar-refractivity contribution is 0.506. The lowest BCUT2D eigenvalue weighted by Gasteiger charge is -2.16.